The zero-order valence-electron chi connectivity index (χ0n) is 8.20. The summed E-state index contributed by atoms with van der Waals surface area (Å²) in [5, 5.41) is 3.27. The van der Waals surface area contributed by atoms with Crippen molar-refractivity contribution in [3.63, 3.8) is 0 Å². The maximum absolute atomic E-state index is 11.7. The minimum atomic E-state index is 0. The van der Waals surface area contributed by atoms with E-state index in [1.165, 1.54) is 6.42 Å². The van der Waals surface area contributed by atoms with Crippen LogP contribution in [0.15, 0.2) is 0 Å². The molecule has 2 rings (SSSR count). The Morgan fingerprint density at radius 3 is 2.14 bits per heavy atom. The van der Waals surface area contributed by atoms with Gasteiger partial charge < -0.3 is 10.2 Å². The average Bonchev–Trinajstić information content (AvgIpc) is 2.03. The lowest BCUT2D eigenvalue weighted by atomic mass is 9.95. The van der Waals surface area contributed by atoms with Crippen molar-refractivity contribution in [2.75, 3.05) is 26.2 Å². The van der Waals surface area contributed by atoms with Gasteiger partial charge in [-0.15, -0.1) is 24.8 Å². The number of amides is 1. The lowest BCUT2D eigenvalue weighted by molar-refractivity contribution is -0.139. The summed E-state index contributed by atoms with van der Waals surface area (Å²) in [7, 11) is 0. The number of hydrogen-bond donors (Lipinski definition) is 1. The van der Waals surface area contributed by atoms with E-state index >= 15 is 0 Å². The quantitative estimate of drug-likeness (QED) is 0.744. The molecule has 1 amide bonds. The number of carbonyl (C=O) groups excluding carboxylic acids is 1. The Morgan fingerprint density at radius 2 is 1.71 bits per heavy atom. The molecule has 2 heterocycles. The summed E-state index contributed by atoms with van der Waals surface area (Å²) in [5.74, 6) is 0.731. The Labute approximate surface area is 97.4 Å². The summed E-state index contributed by atoms with van der Waals surface area (Å²) in [6, 6.07) is 0. The van der Waals surface area contributed by atoms with Crippen molar-refractivity contribution in [2.45, 2.75) is 19.3 Å². The highest BCUT2D eigenvalue weighted by Crippen LogP contribution is 2.18. The largest absolute Gasteiger partial charge is 0.342 e. The van der Waals surface area contributed by atoms with Crippen LogP contribution in [0, 0.1) is 5.92 Å². The van der Waals surface area contributed by atoms with Gasteiger partial charge in [0.05, 0.1) is 0 Å². The van der Waals surface area contributed by atoms with Crippen LogP contribution in [0.25, 0.3) is 0 Å². The summed E-state index contributed by atoms with van der Waals surface area (Å²) in [6.07, 6.45) is 3.28. The molecule has 2 fully saturated rings. The molecule has 14 heavy (non-hydrogen) atoms. The zero-order valence-corrected chi connectivity index (χ0v) is 9.83. The highest BCUT2D eigenvalue weighted by Gasteiger charge is 2.28. The van der Waals surface area contributed by atoms with Gasteiger partial charge in [-0.25, -0.2) is 0 Å². The van der Waals surface area contributed by atoms with Gasteiger partial charge >= 0.3 is 0 Å². The molecule has 0 aromatic rings. The molecule has 1 N–H and O–H groups in total. The summed E-state index contributed by atoms with van der Waals surface area (Å²) < 4.78 is 0. The van der Waals surface area contributed by atoms with Crippen molar-refractivity contribution in [3.05, 3.63) is 0 Å². The zero-order chi connectivity index (χ0) is 8.39. The van der Waals surface area contributed by atoms with Gasteiger partial charge in [-0.05, 0) is 32.4 Å². The first-order valence-corrected chi connectivity index (χ1v) is 4.87. The van der Waals surface area contributed by atoms with Crippen molar-refractivity contribution >= 4 is 30.7 Å². The van der Waals surface area contributed by atoms with Crippen molar-refractivity contribution in [3.8, 4) is 0 Å². The van der Waals surface area contributed by atoms with Crippen molar-refractivity contribution in [2.24, 2.45) is 5.92 Å². The van der Waals surface area contributed by atoms with Crippen LogP contribution in [0.3, 0.4) is 0 Å². The van der Waals surface area contributed by atoms with Crippen LogP contribution >= 0.6 is 24.8 Å². The van der Waals surface area contributed by atoms with E-state index in [-0.39, 0.29) is 24.8 Å². The predicted octanol–water partition coefficient (Wildman–Crippen LogP) is 1.06. The van der Waals surface area contributed by atoms with Crippen molar-refractivity contribution in [1.29, 1.82) is 0 Å². The fraction of sp³-hybridized carbons (Fsp3) is 0.889. The fourth-order valence-corrected chi connectivity index (χ4v) is 1.86. The molecule has 0 spiro atoms. The number of likely N-dealkylation sites (tertiary alicyclic amines) is 1. The number of hydrogen-bond acceptors (Lipinski definition) is 2. The summed E-state index contributed by atoms with van der Waals surface area (Å²) in [5.41, 5.74) is 0. The second-order valence-corrected chi connectivity index (χ2v) is 3.70. The van der Waals surface area contributed by atoms with E-state index in [1.54, 1.807) is 0 Å². The van der Waals surface area contributed by atoms with Crippen LogP contribution in [0.2, 0.25) is 0 Å². The third-order valence-corrected chi connectivity index (χ3v) is 2.86. The molecule has 0 atom stereocenters. The van der Waals surface area contributed by atoms with Gasteiger partial charge in [0.1, 0.15) is 0 Å². The van der Waals surface area contributed by atoms with E-state index in [4.69, 9.17) is 0 Å². The molecular formula is C9H18Cl2N2O. The first-order valence-electron chi connectivity index (χ1n) is 4.87. The Kier molecular flexibility index (Phi) is 6.49. The molecule has 84 valence electrons. The standard InChI is InChI=1S/C9H16N2O.2ClH/c12-9(11-6-1-7-11)8-2-4-10-5-3-8;;/h8,10H,1-7H2;2*1H. The molecule has 3 nitrogen and oxygen atoms in total. The molecule has 2 saturated heterocycles. The molecule has 0 aromatic heterocycles. The minimum absolute atomic E-state index is 0. The highest BCUT2D eigenvalue weighted by atomic mass is 35.5. The Morgan fingerprint density at radius 1 is 1.14 bits per heavy atom. The van der Waals surface area contributed by atoms with E-state index in [9.17, 15) is 4.79 Å². The molecular weight excluding hydrogens is 223 g/mol. The maximum atomic E-state index is 11.7. The van der Waals surface area contributed by atoms with Crippen LogP contribution in [0.1, 0.15) is 19.3 Å². The van der Waals surface area contributed by atoms with Gasteiger partial charge in [0.25, 0.3) is 0 Å². The van der Waals surface area contributed by atoms with Gasteiger partial charge in [-0.2, -0.15) is 0 Å². The normalized spacial score (nSPS) is 21.6. The van der Waals surface area contributed by atoms with Crippen LogP contribution in [0.4, 0.5) is 0 Å². The van der Waals surface area contributed by atoms with Gasteiger partial charge in [-0.1, -0.05) is 0 Å². The minimum Gasteiger partial charge on any atom is -0.342 e. The third-order valence-electron chi connectivity index (χ3n) is 2.86. The highest BCUT2D eigenvalue weighted by molar-refractivity contribution is 5.85. The number of piperidine rings is 1. The first-order chi connectivity index (χ1) is 5.88. The number of rotatable bonds is 1. The van der Waals surface area contributed by atoms with Crippen LogP contribution in [0.5, 0.6) is 0 Å². The van der Waals surface area contributed by atoms with Gasteiger partial charge in [0.15, 0.2) is 0 Å². The molecule has 5 heteroatoms. The van der Waals surface area contributed by atoms with E-state index in [0.29, 0.717) is 11.8 Å². The van der Waals surface area contributed by atoms with Gasteiger partial charge in [-0.3, -0.25) is 4.79 Å². The summed E-state index contributed by atoms with van der Waals surface area (Å²) in [6.45, 7) is 4.04. The topological polar surface area (TPSA) is 32.3 Å². The average molecular weight is 241 g/mol. The second-order valence-electron chi connectivity index (χ2n) is 3.70. The van der Waals surface area contributed by atoms with E-state index in [1.807, 2.05) is 4.90 Å². The molecule has 2 aliphatic heterocycles. The van der Waals surface area contributed by atoms with Gasteiger partial charge in [0.2, 0.25) is 5.91 Å². The number of carbonyl (C=O) groups is 1. The van der Waals surface area contributed by atoms with Crippen molar-refractivity contribution < 1.29 is 4.79 Å². The summed E-state index contributed by atoms with van der Waals surface area (Å²) in [4.78, 5) is 13.7. The molecule has 0 saturated carbocycles. The molecule has 0 unspecified atom stereocenters. The molecule has 2 aliphatic rings. The third kappa shape index (κ3) is 3.01. The van der Waals surface area contributed by atoms with E-state index in [0.717, 1.165) is 39.0 Å². The van der Waals surface area contributed by atoms with E-state index < -0.39 is 0 Å². The molecule has 0 aromatic carbocycles. The Balaban J connectivity index is 0.000000845. The SMILES string of the molecule is Cl.Cl.O=C(C1CCNCC1)N1CCC1. The van der Waals surface area contributed by atoms with Crippen molar-refractivity contribution in [1.82, 2.24) is 10.2 Å². The molecule has 0 radical (unpaired) electrons. The molecule has 0 bridgehead atoms. The second kappa shape index (κ2) is 6.49. The molecule has 0 aliphatic carbocycles. The predicted molar refractivity (Wildman–Crippen MR) is 61.3 cm³/mol. The van der Waals surface area contributed by atoms with E-state index in [2.05, 4.69) is 5.32 Å². The summed E-state index contributed by atoms with van der Waals surface area (Å²) >= 11 is 0. The van der Waals surface area contributed by atoms with Crippen LogP contribution in [-0.2, 0) is 4.79 Å². The Bertz CT molecular complexity index is 180. The maximum Gasteiger partial charge on any atom is 0.225 e. The lowest BCUT2D eigenvalue weighted by Crippen LogP contribution is -2.47. The van der Waals surface area contributed by atoms with Crippen LogP contribution < -0.4 is 5.32 Å². The fourth-order valence-electron chi connectivity index (χ4n) is 1.86. The number of nitrogens with one attached hydrogen (secondary N) is 1. The smallest absolute Gasteiger partial charge is 0.225 e. The lowest BCUT2D eigenvalue weighted by Gasteiger charge is -2.35. The first kappa shape index (κ1) is 14.0. The Hall–Kier alpha value is 0.01000. The number of nitrogens with zero attached hydrogens (tertiary/aromatic N) is 1. The van der Waals surface area contributed by atoms with Gasteiger partial charge in [0, 0.05) is 19.0 Å². The van der Waals surface area contributed by atoms with Crippen LogP contribution in [-0.4, -0.2) is 37.0 Å². The monoisotopic (exact) mass is 240 g/mol. The number of halogens is 2.